The lowest BCUT2D eigenvalue weighted by Gasteiger charge is -2.35. The molecule has 2 aromatic carbocycles. The minimum absolute atomic E-state index is 0.0106. The molecule has 0 spiro atoms. The van der Waals surface area contributed by atoms with Crippen LogP contribution in [0.25, 0.3) is 0 Å². The topological polar surface area (TPSA) is 538 Å². The standard InChI is InChI=1S/C101H162N16O24/c1-71(118)33-14-10-18-42-84(108-75(5)122)97(131)104-52-30-27-41-83(112-100(134)87(110-77(7)124)44-20-12-16-35-73(3)120)90(126)69-79(37-26-29-51-106-99(133)86(113-101(135)88(111-78(8)125)45-21-13-17-36-74(4)121)46-28-31-53-105-98(132)85(109-76(6)123)43-19-11-15-34-72(2)119)96(130)107-55-57-136-59-61-138-63-65-140-67-68-141-66-64-139-62-60-137-58-56-117-95-82-40-24-25-47-89(82)116(70-80-38-22-23-39-81(80)94(95)114-115-117)93(129)50-54-103-92(128)49-32-48-91(127)102-9/h22-25,38-40,47,79,83-88,94-95H,10-21,26-37,41-46,48-70H2,1-9H3,(H,102,127)(H,103,128)(H,104,131)(H,105,132)(H,106,133)(H,107,130)(H,108,122)(H,109,123)(H,110,124)(H,111,125)(H,112,134)(H,113,135)/t79-,83+,84+,85+,86+,87+,88+,94?,95?/m1/s1. The molecular weight excluding hydrogens is 1820 g/mol. The summed E-state index contributed by atoms with van der Waals surface area (Å²) in [6.07, 6.45) is 12.4. The van der Waals surface area contributed by atoms with Crippen LogP contribution >= 0.6 is 0 Å². The van der Waals surface area contributed by atoms with E-state index in [9.17, 15) is 86.3 Å². The number of benzene rings is 2. The van der Waals surface area contributed by atoms with Gasteiger partial charge in [-0.15, -0.1) is 0 Å². The SMILES string of the molecule is CNC(=O)CCCC(=O)NCCC(=O)N1Cc2ccccc2C2N=NN(CCOCCOCCOCCOCCOCCOCCNC(=O)[C@H](CCCCNC(=O)[C@H](CCCCNC(=O)[C@H](CCCCCC(C)=O)NC(C)=O)NC(=O)[C@H](CCCCCC(C)=O)NC(C)=O)CC(=O)[C@H](CCCCNC(=O)[C@H](CCCCCC(C)=O)NC(C)=O)NC(=O)[C@H](CCCCCC(C)=O)NC(C)=O)C2c2ccccc21. The van der Waals surface area contributed by atoms with E-state index in [1.165, 1.54) is 55.4 Å². The van der Waals surface area contributed by atoms with E-state index in [-0.39, 0.29) is 202 Å². The van der Waals surface area contributed by atoms with Crippen LogP contribution in [0.2, 0.25) is 0 Å². The van der Waals surface area contributed by atoms with Gasteiger partial charge in [0.1, 0.15) is 65.4 Å². The molecule has 0 aromatic heterocycles. The molecule has 2 aromatic rings. The van der Waals surface area contributed by atoms with Gasteiger partial charge in [0.05, 0.1) is 98.4 Å². The Hall–Kier alpha value is -10.9. The highest BCUT2D eigenvalue weighted by Crippen LogP contribution is 2.48. The predicted molar refractivity (Wildman–Crippen MR) is 528 cm³/mol. The molecule has 141 heavy (non-hydrogen) atoms. The largest absolute Gasteiger partial charge is 0.377 e. The van der Waals surface area contributed by atoms with E-state index in [0.29, 0.717) is 201 Å². The number of hydrogen-bond acceptors (Lipinski definition) is 27. The molecule has 0 saturated carbocycles. The van der Waals surface area contributed by atoms with Gasteiger partial charge in [-0.1, -0.05) is 105 Å². The van der Waals surface area contributed by atoms with Crippen LogP contribution in [-0.4, -0.2) is 273 Å². The van der Waals surface area contributed by atoms with Gasteiger partial charge in [0.2, 0.25) is 76.8 Å². The molecule has 40 heteroatoms. The summed E-state index contributed by atoms with van der Waals surface area (Å²) in [6.45, 7) is 15.5. The monoisotopic (exact) mass is 1980 g/mol. The van der Waals surface area contributed by atoms with E-state index in [2.05, 4.69) is 69.0 Å². The minimum atomic E-state index is -1.19. The van der Waals surface area contributed by atoms with Crippen LogP contribution in [-0.2, 0) is 121 Å². The summed E-state index contributed by atoms with van der Waals surface area (Å²) >= 11 is 0. The van der Waals surface area contributed by atoms with E-state index in [4.69, 9.17) is 33.5 Å². The van der Waals surface area contributed by atoms with Crippen LogP contribution in [0, 0.1) is 5.92 Å². The van der Waals surface area contributed by atoms with E-state index >= 15 is 0 Å². The third-order valence-electron chi connectivity index (χ3n) is 23.8. The molecule has 0 fully saturated rings. The summed E-state index contributed by atoms with van der Waals surface area (Å²) in [6, 6.07) is 8.93. The highest BCUT2D eigenvalue weighted by atomic mass is 16.6. The van der Waals surface area contributed by atoms with Crippen LogP contribution in [0.3, 0.4) is 0 Å². The summed E-state index contributed by atoms with van der Waals surface area (Å²) in [5.74, 6) is -6.77. The molecule has 2 unspecified atom stereocenters. The Bertz CT molecular complexity index is 4230. The van der Waals surface area contributed by atoms with Crippen molar-refractivity contribution >= 4 is 111 Å². The van der Waals surface area contributed by atoms with Crippen molar-refractivity contribution < 1.29 is 115 Å². The second kappa shape index (κ2) is 74.1. The lowest BCUT2D eigenvalue weighted by Crippen LogP contribution is -2.53. The van der Waals surface area contributed by atoms with Crippen molar-refractivity contribution in [2.45, 2.75) is 329 Å². The fourth-order valence-corrected chi connectivity index (χ4v) is 16.4. The second-order valence-corrected chi connectivity index (χ2v) is 36.2. The Morgan fingerprint density at radius 1 is 0.333 bits per heavy atom. The van der Waals surface area contributed by atoms with Gasteiger partial charge in [-0.05, 0) is 154 Å². The summed E-state index contributed by atoms with van der Waals surface area (Å²) in [5.41, 5.74) is 3.51. The quantitative estimate of drug-likeness (QED) is 0.0291. The molecule has 4 rings (SSSR count). The van der Waals surface area contributed by atoms with Gasteiger partial charge in [-0.2, -0.15) is 5.11 Å². The first-order chi connectivity index (χ1) is 67.8. The number of nitrogens with zero attached hydrogens (tertiary/aromatic N) is 4. The maximum absolute atomic E-state index is 14.9. The zero-order valence-electron chi connectivity index (χ0n) is 84.9. The van der Waals surface area contributed by atoms with Crippen LogP contribution in [0.1, 0.15) is 302 Å². The summed E-state index contributed by atoms with van der Waals surface area (Å²) in [5, 5.41) is 44.6. The minimum Gasteiger partial charge on any atom is -0.377 e. The number of carbonyl (C=O) groups excluding carboxylic acids is 18. The zero-order valence-corrected chi connectivity index (χ0v) is 84.9. The Labute approximate surface area is 831 Å². The average Bonchev–Trinajstić information content (AvgIpc) is 1.65. The van der Waals surface area contributed by atoms with Crippen molar-refractivity contribution in [3.63, 3.8) is 0 Å². The molecule has 12 N–H and O–H groups in total. The van der Waals surface area contributed by atoms with Crippen LogP contribution in [0.5, 0.6) is 0 Å². The summed E-state index contributed by atoms with van der Waals surface area (Å²) in [7, 11) is 1.55. The molecule has 2 heterocycles. The normalized spacial score (nSPS) is 14.4. The van der Waals surface area contributed by atoms with Crippen molar-refractivity contribution in [1.29, 1.82) is 0 Å². The number of rotatable bonds is 82. The Balaban J connectivity index is 1.36. The highest BCUT2D eigenvalue weighted by Gasteiger charge is 2.41. The number of hydrogen-bond donors (Lipinski definition) is 12. The van der Waals surface area contributed by atoms with E-state index in [1.54, 1.807) is 11.9 Å². The lowest BCUT2D eigenvalue weighted by molar-refractivity contribution is -0.133. The molecule has 0 bridgehead atoms. The number of nitrogens with one attached hydrogen (secondary N) is 12. The summed E-state index contributed by atoms with van der Waals surface area (Å²) < 4.78 is 34.7. The number of ether oxygens (including phenoxy) is 6. The molecule has 40 nitrogen and oxygen atoms in total. The number of fused-ring (bicyclic) bond motifs is 5. The van der Waals surface area contributed by atoms with Gasteiger partial charge in [0.15, 0.2) is 5.78 Å². The third-order valence-corrected chi connectivity index (χ3v) is 23.8. The smallest absolute Gasteiger partial charge is 0.243 e. The number of amides is 13. The Morgan fingerprint density at radius 3 is 1.13 bits per heavy atom. The average molecular weight is 1980 g/mol. The van der Waals surface area contributed by atoms with Gasteiger partial charge in [-0.3, -0.25) is 72.1 Å². The predicted octanol–water partition coefficient (Wildman–Crippen LogP) is 7.22. The van der Waals surface area contributed by atoms with Gasteiger partial charge >= 0.3 is 0 Å². The number of para-hydroxylation sites is 1. The Kier molecular flexibility index (Phi) is 64.3. The van der Waals surface area contributed by atoms with Gasteiger partial charge in [0.25, 0.3) is 0 Å². The molecule has 0 aliphatic carbocycles. The number of unbranched alkanes of at least 4 members (excludes halogenated alkanes) is 11. The third kappa shape index (κ3) is 55.3. The first-order valence-electron chi connectivity index (χ1n) is 50.7. The second-order valence-electron chi connectivity index (χ2n) is 36.2. The molecule has 790 valence electrons. The lowest BCUT2D eigenvalue weighted by atomic mass is 9.87. The molecule has 9 atom stereocenters. The fraction of sp³-hybridized carbons (Fsp3) is 0.703. The molecule has 0 radical (unpaired) electrons. The zero-order chi connectivity index (χ0) is 103. The highest BCUT2D eigenvalue weighted by molar-refractivity contribution is 5.97. The van der Waals surface area contributed by atoms with Gasteiger partial charge < -0.3 is 116 Å². The van der Waals surface area contributed by atoms with Crippen LogP contribution in [0.4, 0.5) is 5.69 Å². The van der Waals surface area contributed by atoms with Crippen LogP contribution < -0.4 is 68.7 Å². The maximum atomic E-state index is 14.9. The van der Waals surface area contributed by atoms with E-state index in [1.807, 2.05) is 53.5 Å². The number of carbonyl (C=O) groups is 18. The molecule has 0 saturated heterocycles. The first-order valence-corrected chi connectivity index (χ1v) is 50.7. The first kappa shape index (κ1) is 122. The fourth-order valence-electron chi connectivity index (χ4n) is 16.4. The number of Topliss-reactive ketones (excluding diaryl/α,β-unsaturated/α-hetero) is 5. The van der Waals surface area contributed by atoms with Crippen molar-refractivity contribution in [2.75, 3.05) is 130 Å². The number of ketones is 5. The van der Waals surface area contributed by atoms with E-state index in [0.717, 1.165) is 22.4 Å². The summed E-state index contributed by atoms with van der Waals surface area (Å²) in [4.78, 5) is 235. The van der Waals surface area contributed by atoms with E-state index < -0.39 is 101 Å². The molecule has 13 amide bonds. The number of anilines is 1. The Morgan fingerprint density at radius 2 is 0.695 bits per heavy atom. The van der Waals surface area contributed by atoms with Crippen LogP contribution in [0.15, 0.2) is 58.9 Å². The molecule has 2 aliphatic rings. The molecule has 2 aliphatic heterocycles. The van der Waals surface area contributed by atoms with Gasteiger partial charge in [-0.25, -0.2) is 0 Å². The van der Waals surface area contributed by atoms with Crippen molar-refractivity contribution in [3.05, 3.63) is 65.2 Å². The van der Waals surface area contributed by atoms with Crippen molar-refractivity contribution in [2.24, 2.45) is 16.3 Å². The van der Waals surface area contributed by atoms with Gasteiger partial charge in [0, 0.05) is 136 Å². The van der Waals surface area contributed by atoms with Crippen molar-refractivity contribution in [3.8, 4) is 0 Å². The van der Waals surface area contributed by atoms with Crippen molar-refractivity contribution in [1.82, 2.24) is 68.8 Å². The molecular formula is C101H162N16O24. The maximum Gasteiger partial charge on any atom is 0.243 e.